The molecule has 4 aromatic rings. The molecule has 0 aliphatic rings. The van der Waals surface area contributed by atoms with Crippen molar-refractivity contribution < 1.29 is 4.52 Å². The zero-order chi connectivity index (χ0) is 18.3. The fourth-order valence-electron chi connectivity index (χ4n) is 3.16. The van der Waals surface area contributed by atoms with Crippen LogP contribution in [0.5, 0.6) is 0 Å². The molecule has 4 rings (SSSR count). The van der Waals surface area contributed by atoms with Gasteiger partial charge in [-0.3, -0.25) is 4.79 Å². The van der Waals surface area contributed by atoms with E-state index >= 15 is 0 Å². The van der Waals surface area contributed by atoms with Crippen LogP contribution in [0, 0.1) is 13.8 Å². The predicted molar refractivity (Wildman–Crippen MR) is 102 cm³/mol. The van der Waals surface area contributed by atoms with Gasteiger partial charge in [0.15, 0.2) is 0 Å². The SMILES string of the molecule is CCn1cc(-c2nc(-c3cccc(C)c3)no2)c(=O)c2cc(C)ccc21. The van der Waals surface area contributed by atoms with Crippen LogP contribution < -0.4 is 5.43 Å². The van der Waals surface area contributed by atoms with Gasteiger partial charge in [-0.15, -0.1) is 0 Å². The van der Waals surface area contributed by atoms with E-state index in [-0.39, 0.29) is 11.3 Å². The van der Waals surface area contributed by atoms with Gasteiger partial charge in [-0.25, -0.2) is 0 Å². The summed E-state index contributed by atoms with van der Waals surface area (Å²) >= 11 is 0. The van der Waals surface area contributed by atoms with E-state index in [4.69, 9.17) is 4.52 Å². The molecular weight excluding hydrogens is 326 g/mol. The lowest BCUT2D eigenvalue weighted by Gasteiger charge is -2.10. The van der Waals surface area contributed by atoms with Gasteiger partial charge in [0, 0.05) is 23.7 Å². The Morgan fingerprint density at radius 1 is 1.08 bits per heavy atom. The second-order valence-corrected chi connectivity index (χ2v) is 6.47. The first-order chi connectivity index (χ1) is 12.6. The van der Waals surface area contributed by atoms with Gasteiger partial charge in [-0.2, -0.15) is 4.98 Å². The molecule has 5 nitrogen and oxygen atoms in total. The molecule has 0 spiro atoms. The third-order valence-corrected chi connectivity index (χ3v) is 4.51. The lowest BCUT2D eigenvalue weighted by molar-refractivity contribution is 0.431. The van der Waals surface area contributed by atoms with E-state index in [0.29, 0.717) is 16.8 Å². The summed E-state index contributed by atoms with van der Waals surface area (Å²) in [5, 5.41) is 4.73. The molecule has 26 heavy (non-hydrogen) atoms. The standard InChI is InChI=1S/C21H19N3O2/c1-4-24-12-17(19(25)16-11-14(3)8-9-18(16)24)21-22-20(23-26-21)15-7-5-6-13(2)10-15/h5-12H,4H2,1-3H3. The van der Waals surface area contributed by atoms with Gasteiger partial charge in [0.05, 0.1) is 5.52 Å². The quantitative estimate of drug-likeness (QED) is 0.554. The minimum absolute atomic E-state index is 0.0900. The molecule has 0 saturated carbocycles. The Morgan fingerprint density at radius 3 is 2.65 bits per heavy atom. The summed E-state index contributed by atoms with van der Waals surface area (Å²) < 4.78 is 7.46. The van der Waals surface area contributed by atoms with Crippen molar-refractivity contribution in [2.45, 2.75) is 27.3 Å². The first-order valence-electron chi connectivity index (χ1n) is 8.61. The highest BCUT2D eigenvalue weighted by Gasteiger charge is 2.17. The van der Waals surface area contributed by atoms with Crippen LogP contribution in [0.1, 0.15) is 18.1 Å². The van der Waals surface area contributed by atoms with E-state index < -0.39 is 0 Å². The molecule has 2 heterocycles. The molecule has 0 saturated heterocycles. The lowest BCUT2D eigenvalue weighted by Crippen LogP contribution is -2.12. The minimum atomic E-state index is -0.0900. The van der Waals surface area contributed by atoms with Crippen LogP contribution in [-0.2, 0) is 6.54 Å². The largest absolute Gasteiger partial charge is 0.347 e. The van der Waals surface area contributed by atoms with Crippen LogP contribution in [-0.4, -0.2) is 14.7 Å². The second-order valence-electron chi connectivity index (χ2n) is 6.47. The van der Waals surface area contributed by atoms with Gasteiger partial charge >= 0.3 is 0 Å². The average Bonchev–Trinajstić information content (AvgIpc) is 3.12. The maximum Gasteiger partial charge on any atom is 0.263 e. The van der Waals surface area contributed by atoms with E-state index in [2.05, 4.69) is 10.1 Å². The Balaban J connectivity index is 1.90. The van der Waals surface area contributed by atoms with Crippen molar-refractivity contribution in [2.75, 3.05) is 0 Å². The normalized spacial score (nSPS) is 11.2. The molecule has 0 aliphatic carbocycles. The number of aryl methyl sites for hydroxylation is 3. The maximum atomic E-state index is 13.0. The summed E-state index contributed by atoms with van der Waals surface area (Å²) in [6, 6.07) is 13.8. The summed E-state index contributed by atoms with van der Waals surface area (Å²) in [7, 11) is 0. The number of hydrogen-bond acceptors (Lipinski definition) is 4. The van der Waals surface area contributed by atoms with E-state index in [0.717, 1.165) is 28.8 Å². The van der Waals surface area contributed by atoms with Crippen LogP contribution in [0.4, 0.5) is 0 Å². The molecule has 0 N–H and O–H groups in total. The van der Waals surface area contributed by atoms with Crippen molar-refractivity contribution in [2.24, 2.45) is 0 Å². The Hall–Kier alpha value is -3.21. The summed E-state index contributed by atoms with van der Waals surface area (Å²) in [4.78, 5) is 17.5. The Bertz CT molecular complexity index is 1170. The zero-order valence-corrected chi connectivity index (χ0v) is 15.0. The van der Waals surface area contributed by atoms with E-state index in [1.165, 1.54) is 0 Å². The summed E-state index contributed by atoms with van der Waals surface area (Å²) in [6.45, 7) is 6.77. The van der Waals surface area contributed by atoms with Gasteiger partial charge in [-0.05, 0) is 39.0 Å². The fourth-order valence-corrected chi connectivity index (χ4v) is 3.16. The molecule has 0 amide bonds. The molecule has 0 fully saturated rings. The number of rotatable bonds is 3. The fraction of sp³-hybridized carbons (Fsp3) is 0.190. The number of pyridine rings is 1. The zero-order valence-electron chi connectivity index (χ0n) is 15.0. The van der Waals surface area contributed by atoms with Crippen LogP contribution in [0.25, 0.3) is 33.7 Å². The van der Waals surface area contributed by atoms with Crippen molar-refractivity contribution in [1.29, 1.82) is 0 Å². The number of aromatic nitrogens is 3. The van der Waals surface area contributed by atoms with Crippen LogP contribution in [0.15, 0.2) is 58.0 Å². The third kappa shape index (κ3) is 2.71. The molecule has 2 aromatic heterocycles. The minimum Gasteiger partial charge on any atom is -0.347 e. The second kappa shape index (κ2) is 6.26. The molecule has 0 unspecified atom stereocenters. The Morgan fingerprint density at radius 2 is 1.88 bits per heavy atom. The highest BCUT2D eigenvalue weighted by atomic mass is 16.5. The number of hydrogen-bond donors (Lipinski definition) is 0. The van der Waals surface area contributed by atoms with Gasteiger partial charge in [0.25, 0.3) is 5.89 Å². The van der Waals surface area contributed by atoms with Crippen molar-refractivity contribution in [1.82, 2.24) is 14.7 Å². The van der Waals surface area contributed by atoms with Crippen LogP contribution in [0.2, 0.25) is 0 Å². The van der Waals surface area contributed by atoms with Crippen molar-refractivity contribution in [3.8, 4) is 22.8 Å². The summed E-state index contributed by atoms with van der Waals surface area (Å²) in [5.74, 6) is 0.729. The molecule has 0 atom stereocenters. The van der Waals surface area contributed by atoms with Gasteiger partial charge in [0.1, 0.15) is 5.56 Å². The summed E-state index contributed by atoms with van der Waals surface area (Å²) in [5.41, 5.74) is 4.27. The van der Waals surface area contributed by atoms with E-state index in [1.54, 1.807) is 6.20 Å². The summed E-state index contributed by atoms with van der Waals surface area (Å²) in [6.07, 6.45) is 1.80. The molecule has 130 valence electrons. The van der Waals surface area contributed by atoms with Crippen molar-refractivity contribution >= 4 is 10.9 Å². The van der Waals surface area contributed by atoms with Gasteiger partial charge in [-0.1, -0.05) is 40.5 Å². The number of nitrogens with zero attached hydrogens (tertiary/aromatic N) is 3. The molecular formula is C21H19N3O2. The van der Waals surface area contributed by atoms with Gasteiger partial charge < -0.3 is 9.09 Å². The average molecular weight is 345 g/mol. The Labute approximate surface area is 150 Å². The monoisotopic (exact) mass is 345 g/mol. The molecule has 2 aromatic carbocycles. The first kappa shape index (κ1) is 16.3. The van der Waals surface area contributed by atoms with E-state index in [1.807, 2.05) is 67.8 Å². The highest BCUT2D eigenvalue weighted by molar-refractivity contribution is 5.83. The van der Waals surface area contributed by atoms with Crippen LogP contribution >= 0.6 is 0 Å². The Kier molecular flexibility index (Phi) is 3.92. The molecule has 0 bridgehead atoms. The number of fused-ring (bicyclic) bond motifs is 1. The highest BCUT2D eigenvalue weighted by Crippen LogP contribution is 2.23. The third-order valence-electron chi connectivity index (χ3n) is 4.51. The van der Waals surface area contributed by atoms with Crippen molar-refractivity contribution in [3.05, 3.63) is 70.0 Å². The maximum absolute atomic E-state index is 13.0. The predicted octanol–water partition coefficient (Wildman–Crippen LogP) is 4.36. The first-order valence-corrected chi connectivity index (χ1v) is 8.61. The van der Waals surface area contributed by atoms with Crippen molar-refractivity contribution in [3.63, 3.8) is 0 Å². The van der Waals surface area contributed by atoms with E-state index in [9.17, 15) is 4.79 Å². The lowest BCUT2D eigenvalue weighted by atomic mass is 10.1. The van der Waals surface area contributed by atoms with Gasteiger partial charge in [0.2, 0.25) is 11.3 Å². The topological polar surface area (TPSA) is 60.9 Å². The number of benzene rings is 2. The smallest absolute Gasteiger partial charge is 0.263 e. The molecule has 0 aliphatic heterocycles. The molecule has 0 radical (unpaired) electrons. The van der Waals surface area contributed by atoms with Crippen LogP contribution in [0.3, 0.4) is 0 Å². The molecule has 5 heteroatoms.